The van der Waals surface area contributed by atoms with E-state index < -0.39 is 11.9 Å². The summed E-state index contributed by atoms with van der Waals surface area (Å²) in [5.74, 6) is -0.574. The van der Waals surface area contributed by atoms with Crippen LogP contribution in [0, 0.1) is 12.8 Å². The van der Waals surface area contributed by atoms with E-state index in [1.54, 1.807) is 31.2 Å². The van der Waals surface area contributed by atoms with Crippen molar-refractivity contribution in [2.75, 3.05) is 7.05 Å². The fourth-order valence-corrected chi connectivity index (χ4v) is 6.15. The van der Waals surface area contributed by atoms with E-state index in [2.05, 4.69) is 18.0 Å². The molecule has 0 heterocycles. The van der Waals surface area contributed by atoms with Crippen molar-refractivity contribution in [3.63, 3.8) is 0 Å². The van der Waals surface area contributed by atoms with Crippen molar-refractivity contribution < 1.29 is 24.3 Å². The zero-order valence-corrected chi connectivity index (χ0v) is 29.9. The van der Waals surface area contributed by atoms with E-state index in [-0.39, 0.29) is 11.3 Å². The van der Waals surface area contributed by atoms with Crippen molar-refractivity contribution in [3.8, 4) is 0 Å². The minimum Gasteiger partial charge on any atom is -0.478 e. The number of hydrogen-bond acceptors (Lipinski definition) is 7. The minimum absolute atomic E-state index is 0.105. The summed E-state index contributed by atoms with van der Waals surface area (Å²) >= 11 is 0. The Bertz CT molecular complexity index is 1200. The van der Waals surface area contributed by atoms with Crippen molar-refractivity contribution in [1.29, 1.82) is 0 Å². The molecule has 1 amide bonds. The number of aldehydes is 1. The van der Waals surface area contributed by atoms with Crippen LogP contribution in [0.1, 0.15) is 163 Å². The summed E-state index contributed by atoms with van der Waals surface area (Å²) in [7, 11) is 1.50. The molecule has 3 aliphatic carbocycles. The van der Waals surface area contributed by atoms with Gasteiger partial charge in [0.05, 0.1) is 5.56 Å². The number of carboxylic acid groups (broad SMARTS) is 1. The number of rotatable bonds is 7. The average molecular weight is 667 g/mol. The van der Waals surface area contributed by atoms with Gasteiger partial charge < -0.3 is 27.6 Å². The molecule has 0 aromatic heterocycles. The number of ketones is 1. The zero-order valence-electron chi connectivity index (χ0n) is 29.9. The van der Waals surface area contributed by atoms with Crippen molar-refractivity contribution in [1.82, 2.24) is 5.32 Å². The first kappa shape index (κ1) is 42.6. The SMILES string of the molecule is CC(=O)c1cc(CNC2CCCCC2)cc(C(=O)O)c1.CC1CCCCC1.CN.Cc1cc(C=O)cc(C(N)=O)c1.NC1CCCCC1. The molecule has 3 fully saturated rings. The Hall–Kier alpha value is -3.40. The quantitative estimate of drug-likeness (QED) is 0.150. The lowest BCUT2D eigenvalue weighted by Gasteiger charge is -2.23. The van der Waals surface area contributed by atoms with Crippen LogP contribution in [0.2, 0.25) is 0 Å². The first-order chi connectivity index (χ1) is 23.0. The van der Waals surface area contributed by atoms with Gasteiger partial charge in [0.25, 0.3) is 0 Å². The number of aryl methyl sites for hydroxylation is 1. The molecule has 8 N–H and O–H groups in total. The monoisotopic (exact) mass is 666 g/mol. The molecule has 0 aliphatic heterocycles. The zero-order chi connectivity index (χ0) is 35.9. The number of carboxylic acids is 1. The third-order valence-electron chi connectivity index (χ3n) is 8.91. The molecule has 9 nitrogen and oxygen atoms in total. The van der Waals surface area contributed by atoms with Crippen LogP contribution in [0.25, 0.3) is 0 Å². The molecule has 0 atom stereocenters. The van der Waals surface area contributed by atoms with E-state index >= 15 is 0 Å². The lowest BCUT2D eigenvalue weighted by molar-refractivity contribution is 0.0696. The minimum atomic E-state index is -0.994. The van der Waals surface area contributed by atoms with Gasteiger partial charge in [-0.15, -0.1) is 0 Å². The van der Waals surface area contributed by atoms with E-state index in [1.165, 1.54) is 122 Å². The summed E-state index contributed by atoms with van der Waals surface area (Å²) < 4.78 is 0. The Morgan fingerprint density at radius 2 is 1.29 bits per heavy atom. The molecule has 5 rings (SSSR count). The third kappa shape index (κ3) is 18.2. The van der Waals surface area contributed by atoms with Crippen molar-refractivity contribution in [2.45, 2.75) is 136 Å². The summed E-state index contributed by atoms with van der Waals surface area (Å²) in [6.07, 6.45) is 21.0. The second-order valence-electron chi connectivity index (χ2n) is 13.3. The number of Topliss-reactive ketones (excluding diaryl/α,β-unsaturated/α-hetero) is 1. The second kappa shape index (κ2) is 24.7. The van der Waals surface area contributed by atoms with Crippen LogP contribution in [-0.2, 0) is 6.54 Å². The predicted molar refractivity (Wildman–Crippen MR) is 196 cm³/mol. The number of benzene rings is 2. The lowest BCUT2D eigenvalue weighted by atomic mass is 9.91. The van der Waals surface area contributed by atoms with Crippen LogP contribution in [-0.4, -0.2) is 48.2 Å². The molecule has 2 aromatic rings. The van der Waals surface area contributed by atoms with Gasteiger partial charge in [0, 0.05) is 35.3 Å². The van der Waals surface area contributed by atoms with Crippen LogP contribution in [0.3, 0.4) is 0 Å². The number of primary amides is 1. The molecule has 0 saturated heterocycles. The highest BCUT2D eigenvalue weighted by molar-refractivity contribution is 5.97. The van der Waals surface area contributed by atoms with E-state index in [9.17, 15) is 19.2 Å². The number of hydrogen-bond donors (Lipinski definition) is 5. The van der Waals surface area contributed by atoms with E-state index in [4.69, 9.17) is 16.6 Å². The van der Waals surface area contributed by atoms with E-state index in [0.29, 0.717) is 41.6 Å². The molecule has 3 saturated carbocycles. The third-order valence-corrected chi connectivity index (χ3v) is 8.91. The summed E-state index contributed by atoms with van der Waals surface area (Å²) in [6, 6.07) is 10.7. The maximum absolute atomic E-state index is 11.5. The smallest absolute Gasteiger partial charge is 0.335 e. The Balaban J connectivity index is 0.000000347. The second-order valence-corrected chi connectivity index (χ2v) is 13.3. The number of nitrogens with two attached hydrogens (primary N) is 3. The Morgan fingerprint density at radius 1 is 0.771 bits per heavy atom. The molecule has 0 bridgehead atoms. The van der Waals surface area contributed by atoms with Gasteiger partial charge in [-0.25, -0.2) is 4.79 Å². The molecule has 48 heavy (non-hydrogen) atoms. The standard InChI is InChI=1S/C16H21NO3.C9H9NO2.C7H14.C6H13N.CH5N/c1-11(18)13-7-12(8-14(9-13)16(19)20)10-17-15-5-3-2-4-6-15;1-6-2-7(5-11)4-8(3-6)9(10)12;1-7-5-3-2-4-6-7;7-6-4-2-1-3-5-6;1-2/h7-9,15,17H,2-6,10H2,1H3,(H,19,20);2-5H,1H3,(H2,10,12);7H,2-6H2,1H3;6H,1-5,7H2;2H2,1H3. The first-order valence-corrected chi connectivity index (χ1v) is 17.8. The van der Waals surface area contributed by atoms with Gasteiger partial charge >= 0.3 is 5.97 Å². The summed E-state index contributed by atoms with van der Waals surface area (Å²) in [5, 5.41) is 12.6. The Kier molecular flexibility index (Phi) is 21.9. The Morgan fingerprint density at radius 3 is 1.71 bits per heavy atom. The number of carbonyl (C=O) groups is 4. The van der Waals surface area contributed by atoms with Gasteiger partial charge in [0.15, 0.2) is 5.78 Å². The molecule has 268 valence electrons. The number of nitrogens with one attached hydrogen (secondary N) is 1. The summed E-state index contributed by atoms with van der Waals surface area (Å²) in [5.41, 5.74) is 18.4. The number of aromatic carboxylic acids is 1. The molecular formula is C39H62N4O5. The first-order valence-electron chi connectivity index (χ1n) is 17.8. The molecule has 3 aliphatic rings. The van der Waals surface area contributed by atoms with Crippen molar-refractivity contribution in [2.24, 2.45) is 23.1 Å². The Labute approximate surface area is 288 Å². The van der Waals surface area contributed by atoms with Crippen LogP contribution >= 0.6 is 0 Å². The molecule has 0 unspecified atom stereocenters. The van der Waals surface area contributed by atoms with Gasteiger partial charge in [0.2, 0.25) is 5.91 Å². The highest BCUT2D eigenvalue weighted by Gasteiger charge is 2.14. The normalized spacial score (nSPS) is 16.5. The van der Waals surface area contributed by atoms with Gasteiger partial charge in [-0.2, -0.15) is 0 Å². The summed E-state index contributed by atoms with van der Waals surface area (Å²) in [4.78, 5) is 43.7. The molecule has 0 radical (unpaired) electrons. The molecule has 2 aromatic carbocycles. The number of carbonyl (C=O) groups excluding carboxylic acids is 3. The molecular weight excluding hydrogens is 604 g/mol. The maximum Gasteiger partial charge on any atom is 0.335 e. The topological polar surface area (TPSA) is 179 Å². The van der Waals surface area contributed by atoms with Gasteiger partial charge in [-0.3, -0.25) is 14.4 Å². The van der Waals surface area contributed by atoms with Crippen LogP contribution in [0.4, 0.5) is 0 Å². The fraction of sp³-hybridized carbons (Fsp3) is 0.590. The van der Waals surface area contributed by atoms with Gasteiger partial charge in [-0.1, -0.05) is 77.6 Å². The number of amides is 1. The highest BCUT2D eigenvalue weighted by atomic mass is 16.4. The predicted octanol–water partition coefficient (Wildman–Crippen LogP) is 7.36. The van der Waals surface area contributed by atoms with Crippen LogP contribution in [0.15, 0.2) is 36.4 Å². The highest BCUT2D eigenvalue weighted by Crippen LogP contribution is 2.22. The maximum atomic E-state index is 11.5. The van der Waals surface area contributed by atoms with Gasteiger partial charge in [0.1, 0.15) is 6.29 Å². The lowest BCUT2D eigenvalue weighted by Crippen LogP contribution is -2.30. The average Bonchev–Trinajstić information content (AvgIpc) is 3.09. The van der Waals surface area contributed by atoms with E-state index in [1.807, 2.05) is 0 Å². The molecule has 9 heteroatoms. The fourth-order valence-electron chi connectivity index (χ4n) is 6.15. The van der Waals surface area contributed by atoms with Crippen LogP contribution in [0.5, 0.6) is 0 Å². The van der Waals surface area contributed by atoms with E-state index in [0.717, 1.165) is 17.0 Å². The largest absolute Gasteiger partial charge is 0.478 e. The van der Waals surface area contributed by atoms with Gasteiger partial charge in [-0.05, 0) is 100 Å². The van der Waals surface area contributed by atoms with Crippen molar-refractivity contribution >= 4 is 23.9 Å². The van der Waals surface area contributed by atoms with Crippen molar-refractivity contribution in [3.05, 3.63) is 69.8 Å². The van der Waals surface area contributed by atoms with Crippen LogP contribution < -0.4 is 22.5 Å². The molecule has 0 spiro atoms. The summed E-state index contributed by atoms with van der Waals surface area (Å²) in [6.45, 7) is 6.24.